The van der Waals surface area contributed by atoms with E-state index in [1.165, 1.54) is 26.7 Å². The molecule has 0 aromatic carbocycles. The maximum Gasteiger partial charge on any atom is 0.187 e. The van der Waals surface area contributed by atoms with Crippen LogP contribution in [0, 0.1) is 46.3 Å². The Balaban J connectivity index is 0.944. The molecule has 9 aliphatic rings. The van der Waals surface area contributed by atoms with Gasteiger partial charge in [-0.05, 0) is 112 Å². The molecule has 5 saturated heterocycles. The van der Waals surface area contributed by atoms with Gasteiger partial charge in [0.25, 0.3) is 0 Å². The molecule has 4 aliphatic carbocycles. The van der Waals surface area contributed by atoms with Crippen LogP contribution in [0.25, 0.3) is 0 Å². The summed E-state index contributed by atoms with van der Waals surface area (Å²) in [6.07, 6.45) is -12.9. The van der Waals surface area contributed by atoms with E-state index in [-0.39, 0.29) is 28.4 Å². The van der Waals surface area contributed by atoms with Crippen LogP contribution in [0.15, 0.2) is 11.6 Å². The summed E-state index contributed by atoms with van der Waals surface area (Å²) in [7, 11) is 0. The molecule has 0 aromatic heterocycles. The fraction of sp³-hybridized carbons (Fsp3) is 0.933. The Kier molecular flexibility index (Phi) is 12.2. The molecule has 9 rings (SSSR count). The third-order valence-electron chi connectivity index (χ3n) is 17.8. The molecular weight excluding hydrogens is 794 g/mol. The molecule has 0 unspecified atom stereocenters. The number of rotatable bonds is 7. The molecule has 0 bridgehead atoms. The van der Waals surface area contributed by atoms with Crippen LogP contribution >= 0.6 is 0 Å². The number of aliphatic hydroxyl groups excluding tert-OH is 8. The van der Waals surface area contributed by atoms with E-state index < -0.39 is 105 Å². The first-order chi connectivity index (χ1) is 28.9. The van der Waals surface area contributed by atoms with Crippen molar-refractivity contribution in [2.75, 3.05) is 13.2 Å². The summed E-state index contributed by atoms with van der Waals surface area (Å²) >= 11 is 0. The molecule has 5 heterocycles. The molecule has 0 spiro atoms. The highest BCUT2D eigenvalue weighted by Crippen LogP contribution is 2.69. The number of ether oxygens (including phenoxy) is 6. The first-order valence-electron chi connectivity index (χ1n) is 23.2. The van der Waals surface area contributed by atoms with Crippen LogP contribution in [0.2, 0.25) is 0 Å². The zero-order valence-corrected chi connectivity index (χ0v) is 36.4. The Labute approximate surface area is 358 Å². The lowest BCUT2D eigenvalue weighted by molar-refractivity contribution is -0.388. The van der Waals surface area contributed by atoms with Crippen molar-refractivity contribution in [3.8, 4) is 0 Å². The van der Waals surface area contributed by atoms with Crippen LogP contribution in [0.5, 0.6) is 0 Å². The summed E-state index contributed by atoms with van der Waals surface area (Å²) in [5.41, 5.74) is 0.966. The van der Waals surface area contributed by atoms with Gasteiger partial charge in [-0.2, -0.15) is 0 Å². The minimum absolute atomic E-state index is 0.0162. The zero-order valence-electron chi connectivity index (χ0n) is 36.4. The lowest BCUT2D eigenvalue weighted by atomic mass is 9.46. The number of ketones is 1. The highest BCUT2D eigenvalue weighted by atomic mass is 16.8. The van der Waals surface area contributed by atoms with Gasteiger partial charge in [-0.3, -0.25) is 9.69 Å². The van der Waals surface area contributed by atoms with Crippen LogP contribution in [-0.2, 0) is 33.2 Å². The summed E-state index contributed by atoms with van der Waals surface area (Å²) in [6.45, 7) is 13.1. The van der Waals surface area contributed by atoms with Crippen LogP contribution in [0.1, 0.15) is 92.9 Å². The van der Waals surface area contributed by atoms with Gasteiger partial charge in [0.1, 0.15) is 61.0 Å². The average molecular weight is 866 g/mol. The molecule has 8 N–H and O–H groups in total. The Hall–Kier alpha value is -1.19. The topological polar surface area (TPSA) is 238 Å². The molecule has 3 saturated carbocycles. The molecule has 346 valence electrons. The number of piperidine rings is 1. The van der Waals surface area contributed by atoms with Crippen molar-refractivity contribution >= 4 is 5.78 Å². The summed E-state index contributed by atoms with van der Waals surface area (Å²) in [5, 5.41) is 85.9. The van der Waals surface area contributed by atoms with Gasteiger partial charge >= 0.3 is 0 Å². The number of aliphatic hydroxyl groups is 8. The second kappa shape index (κ2) is 16.6. The predicted octanol–water partition coefficient (Wildman–Crippen LogP) is 0.362. The van der Waals surface area contributed by atoms with E-state index in [0.717, 1.165) is 37.8 Å². The van der Waals surface area contributed by atoms with E-state index in [1.807, 2.05) is 6.08 Å². The molecule has 0 amide bonds. The smallest absolute Gasteiger partial charge is 0.187 e. The second-order valence-corrected chi connectivity index (χ2v) is 21.2. The Morgan fingerprint density at radius 2 is 1.34 bits per heavy atom. The minimum atomic E-state index is -1.73. The molecular formula is C45H71NO15. The summed E-state index contributed by atoms with van der Waals surface area (Å²) in [5.74, 6) is 2.70. The van der Waals surface area contributed by atoms with E-state index in [4.69, 9.17) is 28.4 Å². The average Bonchev–Trinajstić information content (AvgIpc) is 3.69. The van der Waals surface area contributed by atoms with Crippen LogP contribution in [0.3, 0.4) is 0 Å². The fourth-order valence-electron chi connectivity index (χ4n) is 14.4. The van der Waals surface area contributed by atoms with Crippen LogP contribution < -0.4 is 0 Å². The van der Waals surface area contributed by atoms with E-state index in [2.05, 4.69) is 32.6 Å². The van der Waals surface area contributed by atoms with Gasteiger partial charge in [-0.1, -0.05) is 33.3 Å². The lowest BCUT2D eigenvalue weighted by Crippen LogP contribution is -2.66. The van der Waals surface area contributed by atoms with Crippen molar-refractivity contribution in [3.63, 3.8) is 0 Å². The van der Waals surface area contributed by atoms with E-state index in [9.17, 15) is 45.6 Å². The molecule has 26 atom stereocenters. The van der Waals surface area contributed by atoms with Crippen molar-refractivity contribution in [1.82, 2.24) is 4.90 Å². The third-order valence-corrected chi connectivity index (χ3v) is 17.8. The standard InChI is InChI=1S/C45H71NO15/c1-18-7-8-26-19(2)31-27(46(26)16-18)15-25-30-24(10-12-45(25,31)6)44(5)11-9-23(13-22(44)14-28(30)48)58-43-40(61-42-37(54)35(52)33(50)21(4)57-42)38(55)39(29(17-47)59-43)60-41-36(53)34(51)32(49)20(3)56-41/h14,18-21,23-27,29-43,47,49-55H,7-13,15-17H2,1-6H3/t18-,19+,20-,21-,23-,24-,25-,26+,27-,29+,30+,31-,32-,33-,34+,35+,36+,37+,38-,39+,40+,41-,42-,43+,44-,45-/m0/s1. The number of fused-ring (bicyclic) bond motifs is 9. The molecule has 16 heteroatoms. The molecule has 0 radical (unpaired) electrons. The Morgan fingerprint density at radius 1 is 0.705 bits per heavy atom. The first-order valence-corrected chi connectivity index (χ1v) is 23.2. The maximum atomic E-state index is 14.5. The number of nitrogens with zero attached hydrogens (tertiary/aromatic N) is 1. The highest BCUT2D eigenvalue weighted by molar-refractivity contribution is 5.94. The first kappa shape index (κ1) is 45.0. The molecule has 61 heavy (non-hydrogen) atoms. The van der Waals surface area contributed by atoms with Gasteiger partial charge in [-0.25, -0.2) is 0 Å². The summed E-state index contributed by atoms with van der Waals surface area (Å²) in [6, 6.07) is 1.20. The van der Waals surface area contributed by atoms with Crippen LogP contribution in [-0.4, -0.2) is 175 Å². The van der Waals surface area contributed by atoms with Gasteiger partial charge in [0.05, 0.1) is 24.9 Å². The summed E-state index contributed by atoms with van der Waals surface area (Å²) < 4.78 is 36.5. The molecule has 0 aromatic rings. The minimum Gasteiger partial charge on any atom is -0.394 e. The molecule has 5 aliphatic heterocycles. The van der Waals surface area contributed by atoms with Crippen LogP contribution in [0.4, 0.5) is 0 Å². The SMILES string of the molecule is C[C@H]1CC[C@@H]2[C@@H](C)[C@H]3[C@H](C[C@H]4[C@@H]5C(=O)C=C6C[C@@H](O[C@@H]7O[C@H](CO)[C@@H](O[C@@H]8O[C@@H](C)[C@H](O)[C@@H](O)[C@H]8O)[C@H](O)[C@H]7O[C@@H]7O[C@@H](C)[C@H](O)[C@@H](O)[C@H]7O)CC[C@]6(C)[C@H]5CC[C@]34C)N2C1. The lowest BCUT2D eigenvalue weighted by Gasteiger charge is -2.58. The Bertz CT molecular complexity index is 1650. The number of carbonyl (C=O) groups excluding carboxylic acids is 1. The summed E-state index contributed by atoms with van der Waals surface area (Å²) in [4.78, 5) is 17.4. The monoisotopic (exact) mass is 865 g/mol. The Morgan fingerprint density at radius 3 is 1.98 bits per heavy atom. The van der Waals surface area contributed by atoms with E-state index in [1.54, 1.807) is 0 Å². The number of hydrogen-bond acceptors (Lipinski definition) is 16. The molecule has 16 nitrogen and oxygen atoms in total. The number of allylic oxidation sites excluding steroid dienone is 1. The maximum absolute atomic E-state index is 14.5. The van der Waals surface area contributed by atoms with E-state index in [0.29, 0.717) is 48.6 Å². The predicted molar refractivity (Wildman–Crippen MR) is 214 cm³/mol. The number of hydrogen-bond donors (Lipinski definition) is 8. The van der Waals surface area contributed by atoms with Gasteiger partial charge < -0.3 is 69.3 Å². The van der Waals surface area contributed by atoms with Gasteiger partial charge in [0.2, 0.25) is 0 Å². The fourth-order valence-corrected chi connectivity index (χ4v) is 14.4. The largest absolute Gasteiger partial charge is 0.394 e. The van der Waals surface area contributed by atoms with Crippen molar-refractivity contribution in [2.24, 2.45) is 46.3 Å². The second-order valence-electron chi connectivity index (χ2n) is 21.2. The van der Waals surface area contributed by atoms with Gasteiger partial charge in [-0.15, -0.1) is 0 Å². The quantitative estimate of drug-likeness (QED) is 0.173. The van der Waals surface area contributed by atoms with Crippen molar-refractivity contribution in [2.45, 2.75) is 203 Å². The highest BCUT2D eigenvalue weighted by Gasteiger charge is 2.68. The van der Waals surface area contributed by atoms with Crippen molar-refractivity contribution in [3.05, 3.63) is 11.6 Å². The molecule has 8 fully saturated rings. The van der Waals surface area contributed by atoms with Crippen molar-refractivity contribution < 1.29 is 74.1 Å². The van der Waals surface area contributed by atoms with Crippen molar-refractivity contribution in [1.29, 1.82) is 0 Å². The third kappa shape index (κ3) is 7.25. The van der Waals surface area contributed by atoms with E-state index >= 15 is 0 Å². The number of carbonyl (C=O) groups is 1. The normalized spacial score (nSPS) is 57.3. The van der Waals surface area contributed by atoms with Gasteiger partial charge in [0, 0.05) is 24.5 Å². The zero-order chi connectivity index (χ0) is 43.6. The van der Waals surface area contributed by atoms with Gasteiger partial charge in [0.15, 0.2) is 24.7 Å².